The van der Waals surface area contributed by atoms with Crippen molar-refractivity contribution in [3.05, 3.63) is 182 Å². The summed E-state index contributed by atoms with van der Waals surface area (Å²) in [6, 6.07) is 62.3. The van der Waals surface area contributed by atoms with E-state index >= 15 is 0 Å². The fourth-order valence-corrected chi connectivity index (χ4v) is 8.47. The standard InChI is InChI=1S/C52H30N4O2/c1-2-13-33(14-3-1)49-54-50(56-51(55-49)43-22-12-21-40-37-17-8-10-23-44(37)57-48(40)43)41-30-29-34(35-15-4-5-16-36(35)41)31-25-27-32(28-26-31)47-39-19-7-6-18-38(39)46-42-20-9-11-24-45(42)58-52(46)53-47/h1-30H. The number of fused-ring (bicyclic) bond motifs is 9. The average Bonchev–Trinajstić information content (AvgIpc) is 3.87. The fourth-order valence-electron chi connectivity index (χ4n) is 8.47. The molecule has 0 fully saturated rings. The van der Waals surface area contributed by atoms with Crippen LogP contribution in [0, 0.1) is 0 Å². The summed E-state index contributed by atoms with van der Waals surface area (Å²) >= 11 is 0. The number of furan rings is 2. The van der Waals surface area contributed by atoms with Crippen LogP contribution in [0.15, 0.2) is 191 Å². The molecule has 12 rings (SSSR count). The van der Waals surface area contributed by atoms with Crippen molar-refractivity contribution < 1.29 is 8.83 Å². The van der Waals surface area contributed by atoms with Gasteiger partial charge in [0.1, 0.15) is 16.7 Å². The molecule has 270 valence electrons. The van der Waals surface area contributed by atoms with E-state index in [9.17, 15) is 0 Å². The molecule has 8 aromatic carbocycles. The smallest absolute Gasteiger partial charge is 0.228 e. The Labute approximate surface area is 331 Å². The van der Waals surface area contributed by atoms with Crippen LogP contribution in [0.25, 0.3) is 122 Å². The quantitative estimate of drug-likeness (QED) is 0.175. The third kappa shape index (κ3) is 5.05. The van der Waals surface area contributed by atoms with Crippen LogP contribution < -0.4 is 0 Å². The summed E-state index contributed by atoms with van der Waals surface area (Å²) < 4.78 is 12.7. The van der Waals surface area contributed by atoms with Gasteiger partial charge in [0.2, 0.25) is 5.71 Å². The maximum atomic E-state index is 6.44. The van der Waals surface area contributed by atoms with Crippen molar-refractivity contribution in [2.24, 2.45) is 0 Å². The molecule has 0 aliphatic carbocycles. The molecule has 0 aliphatic heterocycles. The highest BCUT2D eigenvalue weighted by molar-refractivity contribution is 6.20. The van der Waals surface area contributed by atoms with E-state index in [1.54, 1.807) is 0 Å². The number of para-hydroxylation sites is 3. The van der Waals surface area contributed by atoms with E-state index in [0.717, 1.165) is 98.9 Å². The van der Waals surface area contributed by atoms with E-state index in [0.29, 0.717) is 23.2 Å². The fraction of sp³-hybridized carbons (Fsp3) is 0. The minimum atomic E-state index is 0.555. The lowest BCUT2D eigenvalue weighted by Gasteiger charge is -2.14. The van der Waals surface area contributed by atoms with Crippen molar-refractivity contribution in [3.8, 4) is 56.5 Å². The summed E-state index contributed by atoms with van der Waals surface area (Å²) in [6.07, 6.45) is 0. The van der Waals surface area contributed by atoms with E-state index in [1.165, 1.54) is 0 Å². The van der Waals surface area contributed by atoms with E-state index < -0.39 is 0 Å². The van der Waals surface area contributed by atoms with Crippen LogP contribution in [-0.2, 0) is 0 Å². The summed E-state index contributed by atoms with van der Waals surface area (Å²) in [5.41, 5.74) is 9.84. The number of benzene rings is 8. The SMILES string of the molecule is c1ccc(-c2nc(-c3ccc(-c4ccc(-c5nc6oc7ccccc7c6c6ccccc56)cc4)c4ccccc34)nc(-c3cccc4c3oc3ccccc34)n2)cc1. The molecule has 4 heterocycles. The molecular formula is C52H30N4O2. The number of hydrogen-bond donors (Lipinski definition) is 0. The molecule has 0 spiro atoms. The second-order valence-electron chi connectivity index (χ2n) is 14.5. The number of rotatable bonds is 5. The number of pyridine rings is 1. The first kappa shape index (κ1) is 32.3. The molecule has 0 radical (unpaired) electrons. The van der Waals surface area contributed by atoms with Crippen LogP contribution in [0.1, 0.15) is 0 Å². The van der Waals surface area contributed by atoms with Crippen LogP contribution in [0.5, 0.6) is 0 Å². The summed E-state index contributed by atoms with van der Waals surface area (Å²) in [5, 5.41) is 8.57. The van der Waals surface area contributed by atoms with Crippen LogP contribution in [0.4, 0.5) is 0 Å². The predicted octanol–water partition coefficient (Wildman–Crippen LogP) is 13.7. The van der Waals surface area contributed by atoms with Crippen LogP contribution in [0.2, 0.25) is 0 Å². The highest BCUT2D eigenvalue weighted by atomic mass is 16.3. The van der Waals surface area contributed by atoms with Gasteiger partial charge in [-0.15, -0.1) is 0 Å². The number of hydrogen-bond acceptors (Lipinski definition) is 6. The van der Waals surface area contributed by atoms with Crippen LogP contribution in [-0.4, -0.2) is 19.9 Å². The van der Waals surface area contributed by atoms with Gasteiger partial charge < -0.3 is 8.83 Å². The van der Waals surface area contributed by atoms with Crippen LogP contribution in [0.3, 0.4) is 0 Å². The van der Waals surface area contributed by atoms with Gasteiger partial charge in [0.25, 0.3) is 0 Å². The van der Waals surface area contributed by atoms with Crippen LogP contribution >= 0.6 is 0 Å². The summed E-state index contributed by atoms with van der Waals surface area (Å²) in [5.74, 6) is 1.74. The van der Waals surface area contributed by atoms with Gasteiger partial charge in [0, 0.05) is 38.2 Å². The summed E-state index contributed by atoms with van der Waals surface area (Å²) in [6.45, 7) is 0. The first-order valence-electron chi connectivity index (χ1n) is 19.3. The van der Waals surface area contributed by atoms with Crippen molar-refractivity contribution in [3.63, 3.8) is 0 Å². The minimum Gasteiger partial charge on any atom is -0.455 e. The van der Waals surface area contributed by atoms with E-state index in [2.05, 4.69) is 103 Å². The first-order valence-corrected chi connectivity index (χ1v) is 19.3. The Hall–Kier alpha value is -7.96. The predicted molar refractivity (Wildman–Crippen MR) is 234 cm³/mol. The van der Waals surface area contributed by atoms with Gasteiger partial charge in [0.15, 0.2) is 17.5 Å². The maximum Gasteiger partial charge on any atom is 0.228 e. The van der Waals surface area contributed by atoms with Crippen molar-refractivity contribution in [1.29, 1.82) is 0 Å². The Morgan fingerprint density at radius 2 is 0.845 bits per heavy atom. The van der Waals surface area contributed by atoms with Crippen molar-refractivity contribution in [1.82, 2.24) is 19.9 Å². The lowest BCUT2D eigenvalue weighted by atomic mass is 9.93. The second-order valence-corrected chi connectivity index (χ2v) is 14.5. The average molecular weight is 743 g/mol. The van der Waals surface area contributed by atoms with Gasteiger partial charge in [-0.1, -0.05) is 158 Å². The zero-order valence-electron chi connectivity index (χ0n) is 30.9. The third-order valence-corrected chi connectivity index (χ3v) is 11.2. The Morgan fingerprint density at radius 1 is 0.293 bits per heavy atom. The molecule has 0 aliphatic rings. The molecule has 58 heavy (non-hydrogen) atoms. The summed E-state index contributed by atoms with van der Waals surface area (Å²) in [7, 11) is 0. The molecule has 6 nitrogen and oxygen atoms in total. The first-order chi connectivity index (χ1) is 28.7. The van der Waals surface area contributed by atoms with Crippen molar-refractivity contribution in [2.45, 2.75) is 0 Å². The van der Waals surface area contributed by atoms with Gasteiger partial charge in [-0.25, -0.2) is 19.9 Å². The normalized spacial score (nSPS) is 11.8. The Kier molecular flexibility index (Phi) is 7.13. The van der Waals surface area contributed by atoms with Crippen molar-refractivity contribution >= 4 is 65.6 Å². The van der Waals surface area contributed by atoms with Gasteiger partial charge in [-0.05, 0) is 51.6 Å². The lowest BCUT2D eigenvalue weighted by molar-refractivity contribution is 0.655. The molecule has 0 amide bonds. The molecule has 0 N–H and O–H groups in total. The Balaban J connectivity index is 0.991. The van der Waals surface area contributed by atoms with E-state index in [-0.39, 0.29) is 0 Å². The lowest BCUT2D eigenvalue weighted by Crippen LogP contribution is -2.01. The third-order valence-electron chi connectivity index (χ3n) is 11.2. The molecule has 12 aromatic rings. The monoisotopic (exact) mass is 742 g/mol. The van der Waals surface area contributed by atoms with Crippen molar-refractivity contribution in [2.75, 3.05) is 0 Å². The Morgan fingerprint density at radius 3 is 1.62 bits per heavy atom. The van der Waals surface area contributed by atoms with E-state index in [1.807, 2.05) is 78.9 Å². The zero-order chi connectivity index (χ0) is 38.2. The molecule has 0 unspecified atom stereocenters. The maximum absolute atomic E-state index is 6.44. The Bertz CT molecular complexity index is 3570. The largest absolute Gasteiger partial charge is 0.455 e. The molecule has 0 saturated carbocycles. The number of aromatic nitrogens is 4. The second kappa shape index (κ2) is 12.8. The van der Waals surface area contributed by atoms with E-state index in [4.69, 9.17) is 28.8 Å². The minimum absolute atomic E-state index is 0.555. The molecular weight excluding hydrogens is 713 g/mol. The molecule has 0 atom stereocenters. The molecule has 0 bridgehead atoms. The molecule has 6 heteroatoms. The van der Waals surface area contributed by atoms with Gasteiger partial charge in [0.05, 0.1) is 16.6 Å². The van der Waals surface area contributed by atoms with Gasteiger partial charge in [-0.3, -0.25) is 0 Å². The van der Waals surface area contributed by atoms with Gasteiger partial charge >= 0.3 is 0 Å². The zero-order valence-corrected chi connectivity index (χ0v) is 30.9. The summed E-state index contributed by atoms with van der Waals surface area (Å²) in [4.78, 5) is 20.4. The van der Waals surface area contributed by atoms with Gasteiger partial charge in [-0.2, -0.15) is 0 Å². The molecule has 0 saturated heterocycles. The topological polar surface area (TPSA) is 77.8 Å². The molecule has 4 aromatic heterocycles. The number of nitrogens with zero attached hydrogens (tertiary/aromatic N) is 4. The highest BCUT2D eigenvalue weighted by Gasteiger charge is 2.20. The highest BCUT2D eigenvalue weighted by Crippen LogP contribution is 2.41.